The van der Waals surface area contributed by atoms with E-state index in [1.54, 1.807) is 7.11 Å². The molecular weight excluding hydrogens is 464 g/mol. The van der Waals surface area contributed by atoms with Crippen LogP contribution in [0.2, 0.25) is 0 Å². The number of hydrogen-bond donors (Lipinski definition) is 1. The number of nitrogens with zero attached hydrogens (tertiary/aromatic N) is 2. The number of carbonyl (C=O) groups excluding carboxylic acids is 1. The number of anilines is 1. The monoisotopic (exact) mass is 493 g/mol. The van der Waals surface area contributed by atoms with Gasteiger partial charge >= 0.3 is 6.61 Å². The van der Waals surface area contributed by atoms with Crippen molar-refractivity contribution < 1.29 is 23.0 Å². The van der Waals surface area contributed by atoms with Crippen molar-refractivity contribution in [1.29, 1.82) is 0 Å². The SMILES string of the molecule is COc1ccc(-n2cc(C34CC5CC(CC(C5)C3)C4)nc2NC(=O)c2ccc(OC(F)F)cc2)cc1. The molecule has 6 nitrogen and oxygen atoms in total. The summed E-state index contributed by atoms with van der Waals surface area (Å²) in [5.74, 6) is 3.15. The number of methoxy groups -OCH3 is 1. The van der Waals surface area contributed by atoms with Crippen LogP contribution in [-0.4, -0.2) is 29.2 Å². The summed E-state index contributed by atoms with van der Waals surface area (Å²) < 4.78 is 36.6. The highest BCUT2D eigenvalue weighted by Gasteiger charge is 2.52. The van der Waals surface area contributed by atoms with Crippen molar-refractivity contribution in [3.8, 4) is 17.2 Å². The molecule has 4 aliphatic rings. The van der Waals surface area contributed by atoms with Crippen LogP contribution < -0.4 is 14.8 Å². The van der Waals surface area contributed by atoms with E-state index < -0.39 is 6.61 Å². The molecule has 3 aromatic rings. The highest BCUT2D eigenvalue weighted by molar-refractivity contribution is 6.03. The minimum absolute atomic E-state index is 0.00499. The minimum atomic E-state index is -2.91. The van der Waals surface area contributed by atoms with Gasteiger partial charge in [-0.15, -0.1) is 0 Å². The molecule has 1 aromatic heterocycles. The number of imidazole rings is 1. The Balaban J connectivity index is 1.33. The summed E-state index contributed by atoms with van der Waals surface area (Å²) in [4.78, 5) is 18.1. The van der Waals surface area contributed by atoms with Gasteiger partial charge in [0, 0.05) is 22.9 Å². The fourth-order valence-corrected chi connectivity index (χ4v) is 7.05. The Bertz CT molecular complexity index is 1220. The summed E-state index contributed by atoms with van der Waals surface area (Å²) in [5.41, 5.74) is 2.32. The molecule has 188 valence electrons. The lowest BCUT2D eigenvalue weighted by molar-refractivity contribution is -0.0498. The van der Waals surface area contributed by atoms with E-state index in [9.17, 15) is 13.6 Å². The maximum absolute atomic E-state index is 13.1. The Kier molecular flexibility index (Phi) is 5.69. The lowest BCUT2D eigenvalue weighted by atomic mass is 9.49. The van der Waals surface area contributed by atoms with Crippen molar-refractivity contribution in [2.45, 2.75) is 50.6 Å². The molecule has 0 atom stereocenters. The molecule has 4 aliphatic carbocycles. The number of rotatable bonds is 7. The van der Waals surface area contributed by atoms with Crippen molar-refractivity contribution in [3.63, 3.8) is 0 Å². The minimum Gasteiger partial charge on any atom is -0.497 e. The van der Waals surface area contributed by atoms with Gasteiger partial charge in [0.1, 0.15) is 11.5 Å². The van der Waals surface area contributed by atoms with Gasteiger partial charge in [-0.2, -0.15) is 8.78 Å². The van der Waals surface area contributed by atoms with Gasteiger partial charge in [-0.3, -0.25) is 14.7 Å². The number of hydrogen-bond acceptors (Lipinski definition) is 4. The second-order valence-corrected chi connectivity index (χ2v) is 10.6. The summed E-state index contributed by atoms with van der Waals surface area (Å²) in [5, 5.41) is 2.96. The molecule has 4 bridgehead atoms. The molecule has 1 heterocycles. The lowest BCUT2D eigenvalue weighted by Gasteiger charge is -2.56. The summed E-state index contributed by atoms with van der Waals surface area (Å²) in [7, 11) is 1.63. The Hall–Kier alpha value is -3.42. The average Bonchev–Trinajstić information content (AvgIpc) is 3.28. The van der Waals surface area contributed by atoms with E-state index in [2.05, 4.69) is 16.3 Å². The summed E-state index contributed by atoms with van der Waals surface area (Å²) in [6.45, 7) is -2.91. The molecule has 1 N–H and O–H groups in total. The molecule has 4 saturated carbocycles. The molecular formula is C28H29F2N3O3. The Morgan fingerprint density at radius 3 is 2.11 bits per heavy atom. The van der Waals surface area contributed by atoms with E-state index >= 15 is 0 Å². The second kappa shape index (κ2) is 8.91. The third kappa shape index (κ3) is 4.22. The van der Waals surface area contributed by atoms with Crippen LogP contribution in [0.25, 0.3) is 5.69 Å². The molecule has 0 aliphatic heterocycles. The van der Waals surface area contributed by atoms with Crippen LogP contribution in [0.1, 0.15) is 54.6 Å². The number of amides is 1. The van der Waals surface area contributed by atoms with Crippen LogP contribution in [0.15, 0.2) is 54.7 Å². The zero-order chi connectivity index (χ0) is 24.9. The first-order valence-electron chi connectivity index (χ1n) is 12.5. The maximum atomic E-state index is 13.1. The van der Waals surface area contributed by atoms with Crippen LogP contribution >= 0.6 is 0 Å². The van der Waals surface area contributed by atoms with Crippen LogP contribution in [0.3, 0.4) is 0 Å². The van der Waals surface area contributed by atoms with Gasteiger partial charge in [0.15, 0.2) is 0 Å². The molecule has 0 radical (unpaired) electrons. The van der Waals surface area contributed by atoms with E-state index in [1.807, 2.05) is 28.8 Å². The molecule has 2 aromatic carbocycles. The number of alkyl halides is 2. The van der Waals surface area contributed by atoms with Gasteiger partial charge in [-0.1, -0.05) is 0 Å². The summed E-state index contributed by atoms with van der Waals surface area (Å²) >= 11 is 0. The number of benzene rings is 2. The van der Waals surface area contributed by atoms with Gasteiger partial charge in [0.05, 0.1) is 12.8 Å². The zero-order valence-corrected chi connectivity index (χ0v) is 20.1. The fourth-order valence-electron chi connectivity index (χ4n) is 7.05. The fraction of sp³-hybridized carbons (Fsp3) is 0.429. The maximum Gasteiger partial charge on any atom is 0.387 e. The van der Waals surface area contributed by atoms with Crippen LogP contribution in [0, 0.1) is 17.8 Å². The molecule has 4 fully saturated rings. The molecule has 0 unspecified atom stereocenters. The van der Waals surface area contributed by atoms with Gasteiger partial charge in [-0.25, -0.2) is 4.98 Å². The topological polar surface area (TPSA) is 65.4 Å². The Labute approximate surface area is 208 Å². The third-order valence-electron chi connectivity index (χ3n) is 8.21. The quantitative estimate of drug-likeness (QED) is 0.426. The summed E-state index contributed by atoms with van der Waals surface area (Å²) in [6, 6.07) is 13.3. The van der Waals surface area contributed by atoms with Crippen molar-refractivity contribution in [3.05, 3.63) is 66.0 Å². The Morgan fingerprint density at radius 1 is 0.972 bits per heavy atom. The van der Waals surface area contributed by atoms with Crippen LogP contribution in [0.5, 0.6) is 11.5 Å². The number of halogens is 2. The predicted molar refractivity (Wildman–Crippen MR) is 131 cm³/mol. The first kappa shape index (κ1) is 23.0. The molecule has 0 spiro atoms. The van der Waals surface area contributed by atoms with Gasteiger partial charge < -0.3 is 9.47 Å². The van der Waals surface area contributed by atoms with E-state index in [4.69, 9.17) is 9.72 Å². The van der Waals surface area contributed by atoms with Gasteiger partial charge in [-0.05, 0) is 105 Å². The van der Waals surface area contributed by atoms with Crippen molar-refractivity contribution in [2.24, 2.45) is 17.8 Å². The number of carbonyl (C=O) groups is 1. The lowest BCUT2D eigenvalue weighted by Crippen LogP contribution is -2.48. The van der Waals surface area contributed by atoms with Crippen molar-refractivity contribution >= 4 is 11.9 Å². The standard InChI is InChI=1S/C28H29F2N3O3/c1-35-22-8-4-21(5-9-22)33-16-24(28-13-17-10-18(14-28)12-19(11-17)15-28)31-27(33)32-25(34)20-2-6-23(7-3-20)36-26(29)30/h2-9,16-19,26H,10-15H2,1H3,(H,31,32,34). The molecule has 0 saturated heterocycles. The molecule has 7 rings (SSSR count). The molecule has 8 heteroatoms. The van der Waals surface area contributed by atoms with E-state index in [-0.39, 0.29) is 17.1 Å². The first-order valence-corrected chi connectivity index (χ1v) is 12.5. The molecule has 36 heavy (non-hydrogen) atoms. The van der Waals surface area contributed by atoms with Crippen LogP contribution in [-0.2, 0) is 5.41 Å². The smallest absolute Gasteiger partial charge is 0.387 e. The van der Waals surface area contributed by atoms with Crippen molar-refractivity contribution in [1.82, 2.24) is 9.55 Å². The number of nitrogens with one attached hydrogen (secondary N) is 1. The van der Waals surface area contributed by atoms with Crippen LogP contribution in [0.4, 0.5) is 14.7 Å². The van der Waals surface area contributed by atoms with E-state index in [0.29, 0.717) is 11.5 Å². The van der Waals surface area contributed by atoms with E-state index in [0.717, 1.165) is 34.9 Å². The average molecular weight is 494 g/mol. The molecule has 1 amide bonds. The summed E-state index contributed by atoms with van der Waals surface area (Å²) in [6.07, 6.45) is 9.60. The second-order valence-electron chi connectivity index (χ2n) is 10.6. The third-order valence-corrected chi connectivity index (χ3v) is 8.21. The normalized spacial score (nSPS) is 26.3. The largest absolute Gasteiger partial charge is 0.497 e. The zero-order valence-electron chi connectivity index (χ0n) is 20.1. The highest BCUT2D eigenvalue weighted by Crippen LogP contribution is 2.60. The Morgan fingerprint density at radius 2 is 1.56 bits per heavy atom. The number of ether oxygens (including phenoxy) is 2. The van der Waals surface area contributed by atoms with Gasteiger partial charge in [0.25, 0.3) is 5.91 Å². The predicted octanol–water partition coefficient (Wildman–Crippen LogP) is 6.20. The number of aromatic nitrogens is 2. The highest BCUT2D eigenvalue weighted by atomic mass is 19.3. The first-order chi connectivity index (χ1) is 17.4. The van der Waals surface area contributed by atoms with E-state index in [1.165, 1.54) is 62.8 Å². The van der Waals surface area contributed by atoms with Crippen molar-refractivity contribution in [2.75, 3.05) is 12.4 Å². The van der Waals surface area contributed by atoms with Gasteiger partial charge in [0.2, 0.25) is 5.95 Å².